The van der Waals surface area contributed by atoms with Gasteiger partial charge in [0.1, 0.15) is 0 Å². The topological polar surface area (TPSA) is 74.3 Å². The van der Waals surface area contributed by atoms with Crippen LogP contribution in [0.1, 0.15) is 19.1 Å². The van der Waals surface area contributed by atoms with Crippen molar-refractivity contribution >= 4 is 7.60 Å². The highest BCUT2D eigenvalue weighted by Gasteiger charge is 2.35. The van der Waals surface area contributed by atoms with Gasteiger partial charge in [-0.3, -0.25) is 9.55 Å². The van der Waals surface area contributed by atoms with Crippen molar-refractivity contribution < 1.29 is 18.9 Å². The molecule has 2 aromatic rings. The van der Waals surface area contributed by atoms with Crippen molar-refractivity contribution in [3.8, 4) is 11.1 Å². The van der Waals surface area contributed by atoms with Gasteiger partial charge in [0.05, 0.1) is 0 Å². The molecule has 2 N–H and O–H groups in total. The van der Waals surface area contributed by atoms with E-state index in [0.29, 0.717) is 6.42 Å². The normalized spacial score (nSPS) is 13.2. The maximum Gasteiger partial charge on any atom is 0.393 e. The Labute approximate surface area is 111 Å². The molecule has 1 atom stereocenters. The van der Waals surface area contributed by atoms with Crippen LogP contribution in [0.3, 0.4) is 0 Å². The van der Waals surface area contributed by atoms with E-state index in [4.69, 9.17) is 0 Å². The molecule has 6 heteroatoms. The fraction of sp³-hybridized carbons (Fsp3) is 0.231. The molecule has 0 radical (unpaired) electrons. The molecule has 0 aliphatic carbocycles. The van der Waals surface area contributed by atoms with Gasteiger partial charge in [-0.1, -0.05) is 6.92 Å². The summed E-state index contributed by atoms with van der Waals surface area (Å²) >= 11 is 0. The van der Waals surface area contributed by atoms with E-state index in [1.165, 1.54) is 0 Å². The first-order chi connectivity index (χ1) is 9.02. The van der Waals surface area contributed by atoms with Crippen molar-refractivity contribution in [2.24, 2.45) is 0 Å². The lowest BCUT2D eigenvalue weighted by molar-refractivity contribution is -0.704. The summed E-state index contributed by atoms with van der Waals surface area (Å²) in [7, 11) is -4.13. The zero-order chi connectivity index (χ0) is 13.9. The summed E-state index contributed by atoms with van der Waals surface area (Å²) in [5, 5.41) is 0. The van der Waals surface area contributed by atoms with Gasteiger partial charge in [0.15, 0.2) is 12.4 Å². The molecule has 0 bridgehead atoms. The Balaban J connectivity index is 2.31. The van der Waals surface area contributed by atoms with Crippen molar-refractivity contribution in [3.63, 3.8) is 0 Å². The van der Waals surface area contributed by atoms with Crippen LogP contribution in [0.5, 0.6) is 0 Å². The highest BCUT2D eigenvalue weighted by molar-refractivity contribution is 7.51. The quantitative estimate of drug-likeness (QED) is 0.664. The number of pyridine rings is 2. The number of rotatable bonds is 4. The molecule has 2 rings (SSSR count). The molecule has 0 aromatic carbocycles. The Morgan fingerprint density at radius 2 is 1.68 bits per heavy atom. The summed E-state index contributed by atoms with van der Waals surface area (Å²) in [4.78, 5) is 22.6. The minimum atomic E-state index is -4.13. The second-order valence-corrected chi connectivity index (χ2v) is 6.02. The standard InChI is InChI=1S/C13H15N2O3P/c1-2-13(19(16,17)18)15-9-5-12(6-10-15)11-3-7-14-8-4-11/h3-10,13H,2H2,1H3,(H-,16,17,18)/p+1. The maximum atomic E-state index is 11.4. The molecular weight excluding hydrogens is 263 g/mol. The summed E-state index contributed by atoms with van der Waals surface area (Å²) < 4.78 is 12.9. The summed E-state index contributed by atoms with van der Waals surface area (Å²) in [6, 6.07) is 7.46. The van der Waals surface area contributed by atoms with Crippen molar-refractivity contribution in [1.82, 2.24) is 4.98 Å². The zero-order valence-electron chi connectivity index (χ0n) is 10.5. The van der Waals surface area contributed by atoms with E-state index in [-0.39, 0.29) is 0 Å². The van der Waals surface area contributed by atoms with Gasteiger partial charge < -0.3 is 9.79 Å². The van der Waals surface area contributed by atoms with E-state index < -0.39 is 13.4 Å². The van der Waals surface area contributed by atoms with Gasteiger partial charge in [-0.25, -0.2) is 0 Å². The van der Waals surface area contributed by atoms with E-state index in [1.54, 1.807) is 36.3 Å². The molecule has 1 unspecified atom stereocenters. The molecular formula is C13H16N2O3P+. The average molecular weight is 279 g/mol. The van der Waals surface area contributed by atoms with Gasteiger partial charge in [0.25, 0.3) is 5.78 Å². The first-order valence-corrected chi connectivity index (χ1v) is 7.67. The second kappa shape index (κ2) is 5.61. The largest absolute Gasteiger partial charge is 0.393 e. The van der Waals surface area contributed by atoms with Crippen LogP contribution in [0.25, 0.3) is 11.1 Å². The molecule has 0 aliphatic rings. The second-order valence-electron chi connectivity index (χ2n) is 4.25. The Bertz CT molecular complexity index is 581. The van der Waals surface area contributed by atoms with Crippen LogP contribution in [0.15, 0.2) is 49.1 Å². The zero-order valence-corrected chi connectivity index (χ0v) is 11.4. The highest BCUT2D eigenvalue weighted by atomic mass is 31.2. The van der Waals surface area contributed by atoms with Crippen LogP contribution in [0, 0.1) is 0 Å². The van der Waals surface area contributed by atoms with Gasteiger partial charge in [0.2, 0.25) is 0 Å². The van der Waals surface area contributed by atoms with E-state index in [2.05, 4.69) is 4.98 Å². The minimum Gasteiger partial charge on any atom is -0.320 e. The smallest absolute Gasteiger partial charge is 0.320 e. The van der Waals surface area contributed by atoms with Crippen LogP contribution < -0.4 is 4.57 Å². The molecule has 0 amide bonds. The molecule has 0 fully saturated rings. The van der Waals surface area contributed by atoms with Crippen molar-refractivity contribution in [1.29, 1.82) is 0 Å². The first kappa shape index (κ1) is 13.9. The molecule has 100 valence electrons. The number of aromatic nitrogens is 2. The Kier molecular flexibility index (Phi) is 4.10. The lowest BCUT2D eigenvalue weighted by Gasteiger charge is -2.11. The van der Waals surface area contributed by atoms with Crippen LogP contribution >= 0.6 is 7.60 Å². The number of hydrogen-bond acceptors (Lipinski definition) is 2. The van der Waals surface area contributed by atoms with Crippen molar-refractivity contribution in [2.45, 2.75) is 19.1 Å². The van der Waals surface area contributed by atoms with Gasteiger partial charge in [-0.2, -0.15) is 4.57 Å². The third-order valence-corrected chi connectivity index (χ3v) is 4.37. The number of hydrogen-bond donors (Lipinski definition) is 2. The van der Waals surface area contributed by atoms with E-state index in [0.717, 1.165) is 11.1 Å². The molecule has 0 saturated carbocycles. The van der Waals surface area contributed by atoms with Crippen LogP contribution in [-0.4, -0.2) is 14.8 Å². The van der Waals surface area contributed by atoms with E-state index >= 15 is 0 Å². The van der Waals surface area contributed by atoms with E-state index in [9.17, 15) is 14.4 Å². The van der Waals surface area contributed by atoms with Gasteiger partial charge in [-0.15, -0.1) is 0 Å². The SMILES string of the molecule is CCC([n+]1ccc(-c2ccncc2)cc1)P(=O)(O)O. The molecule has 19 heavy (non-hydrogen) atoms. The minimum absolute atomic E-state index is 0.379. The summed E-state index contributed by atoms with van der Waals surface area (Å²) in [5.41, 5.74) is 2.01. The highest BCUT2D eigenvalue weighted by Crippen LogP contribution is 2.47. The maximum absolute atomic E-state index is 11.4. The fourth-order valence-corrected chi connectivity index (χ4v) is 2.97. The summed E-state index contributed by atoms with van der Waals surface area (Å²) in [6.45, 7) is 1.76. The van der Waals surface area contributed by atoms with Gasteiger partial charge in [0, 0.05) is 30.9 Å². The predicted octanol–water partition coefficient (Wildman–Crippen LogP) is 2.12. The monoisotopic (exact) mass is 279 g/mol. The van der Waals surface area contributed by atoms with Crippen LogP contribution in [-0.2, 0) is 4.57 Å². The molecule has 0 saturated heterocycles. The first-order valence-electron chi connectivity index (χ1n) is 5.99. The number of nitrogens with zero attached hydrogens (tertiary/aromatic N) is 2. The third-order valence-electron chi connectivity index (χ3n) is 2.96. The predicted molar refractivity (Wildman–Crippen MR) is 71.2 cm³/mol. The molecule has 5 nitrogen and oxygen atoms in total. The molecule has 0 aliphatic heterocycles. The lowest BCUT2D eigenvalue weighted by Crippen LogP contribution is -2.38. The van der Waals surface area contributed by atoms with Crippen LogP contribution in [0.2, 0.25) is 0 Å². The molecule has 2 heterocycles. The molecule has 2 aromatic heterocycles. The van der Waals surface area contributed by atoms with Gasteiger partial charge >= 0.3 is 7.60 Å². The average Bonchev–Trinajstić information content (AvgIpc) is 2.40. The van der Waals surface area contributed by atoms with Crippen molar-refractivity contribution in [3.05, 3.63) is 49.1 Å². The van der Waals surface area contributed by atoms with Gasteiger partial charge in [-0.05, 0) is 23.3 Å². The third kappa shape index (κ3) is 3.26. The Hall–Kier alpha value is -1.55. The fourth-order valence-electron chi connectivity index (χ4n) is 2.00. The Morgan fingerprint density at radius 1 is 1.16 bits per heavy atom. The molecule has 0 spiro atoms. The summed E-state index contributed by atoms with van der Waals surface area (Å²) in [6.07, 6.45) is 7.19. The Morgan fingerprint density at radius 3 is 2.16 bits per heavy atom. The lowest BCUT2D eigenvalue weighted by atomic mass is 10.1. The summed E-state index contributed by atoms with van der Waals surface area (Å²) in [5.74, 6) is -0.806. The van der Waals surface area contributed by atoms with Crippen molar-refractivity contribution in [2.75, 3.05) is 0 Å². The van der Waals surface area contributed by atoms with E-state index in [1.807, 2.05) is 24.3 Å². The van der Waals surface area contributed by atoms with Crippen LogP contribution in [0.4, 0.5) is 0 Å².